The van der Waals surface area contributed by atoms with Crippen LogP contribution in [0.3, 0.4) is 0 Å². The maximum absolute atomic E-state index is 12.5. The highest BCUT2D eigenvalue weighted by atomic mass is 35.5. The van der Waals surface area contributed by atoms with Crippen molar-refractivity contribution in [1.82, 2.24) is 10.2 Å². The molecule has 6 nitrogen and oxygen atoms in total. The van der Waals surface area contributed by atoms with Crippen LogP contribution in [-0.4, -0.2) is 41.8 Å². The molecule has 0 spiro atoms. The van der Waals surface area contributed by atoms with Crippen molar-refractivity contribution in [2.24, 2.45) is 0 Å². The summed E-state index contributed by atoms with van der Waals surface area (Å²) in [7, 11) is 0. The van der Waals surface area contributed by atoms with Crippen molar-refractivity contribution in [3.63, 3.8) is 0 Å². The van der Waals surface area contributed by atoms with Gasteiger partial charge in [0.25, 0.3) is 0 Å². The van der Waals surface area contributed by atoms with Gasteiger partial charge in [0.1, 0.15) is 6.04 Å². The number of thiophene rings is 1. The summed E-state index contributed by atoms with van der Waals surface area (Å²) in [6.07, 6.45) is 1.90. The van der Waals surface area contributed by atoms with E-state index >= 15 is 0 Å². The fourth-order valence-electron chi connectivity index (χ4n) is 3.35. The van der Waals surface area contributed by atoms with E-state index in [1.54, 1.807) is 17.0 Å². The van der Waals surface area contributed by atoms with Gasteiger partial charge >= 0.3 is 0 Å². The summed E-state index contributed by atoms with van der Waals surface area (Å²) in [5.41, 5.74) is 1.56. The number of amides is 3. The molecule has 1 saturated heterocycles. The predicted octanol–water partition coefficient (Wildman–Crippen LogP) is 3.39. The van der Waals surface area contributed by atoms with E-state index in [9.17, 15) is 14.4 Å². The Morgan fingerprint density at radius 1 is 1.28 bits per heavy atom. The molecule has 2 aromatic rings. The normalized spacial score (nSPS) is 15.9. The van der Waals surface area contributed by atoms with E-state index in [1.807, 2.05) is 30.5 Å². The average molecular weight is 434 g/mol. The van der Waals surface area contributed by atoms with Gasteiger partial charge in [0, 0.05) is 24.4 Å². The maximum Gasteiger partial charge on any atom is 0.242 e. The van der Waals surface area contributed by atoms with E-state index in [-0.39, 0.29) is 30.7 Å². The van der Waals surface area contributed by atoms with Crippen molar-refractivity contribution in [2.45, 2.75) is 38.6 Å². The zero-order chi connectivity index (χ0) is 20.8. The lowest BCUT2D eigenvalue weighted by Crippen LogP contribution is -2.46. The van der Waals surface area contributed by atoms with Crippen LogP contribution in [0.25, 0.3) is 0 Å². The quantitative estimate of drug-likeness (QED) is 0.702. The molecule has 0 bridgehead atoms. The van der Waals surface area contributed by atoms with Gasteiger partial charge in [-0.05, 0) is 48.9 Å². The Bertz CT molecular complexity index is 885. The second-order valence-electron chi connectivity index (χ2n) is 7.07. The van der Waals surface area contributed by atoms with Crippen molar-refractivity contribution in [3.05, 3.63) is 51.2 Å². The van der Waals surface area contributed by atoms with Gasteiger partial charge in [-0.3, -0.25) is 14.4 Å². The Morgan fingerprint density at radius 2 is 2.10 bits per heavy atom. The van der Waals surface area contributed by atoms with Gasteiger partial charge in [-0.15, -0.1) is 11.3 Å². The van der Waals surface area contributed by atoms with Crippen molar-refractivity contribution >= 4 is 46.3 Å². The molecule has 8 heteroatoms. The summed E-state index contributed by atoms with van der Waals surface area (Å²) < 4.78 is 0. The lowest BCUT2D eigenvalue weighted by atomic mass is 10.2. The standard InChI is InChI=1S/C21H24ClN3O3S/c1-14-6-7-17(16(22)12-14)24-19(26)8-9-23-21(28)18-5-2-10-25(18)20(27)13-15-4-3-11-29-15/h3-4,6-7,11-12,18H,2,5,8-10,13H2,1H3,(H,23,28)(H,24,26). The molecule has 1 aromatic heterocycles. The number of nitrogens with zero attached hydrogens (tertiary/aromatic N) is 1. The van der Waals surface area contributed by atoms with Gasteiger partial charge in [0.15, 0.2) is 0 Å². The molecule has 154 valence electrons. The number of carbonyl (C=O) groups is 3. The molecular formula is C21H24ClN3O3S. The minimum Gasteiger partial charge on any atom is -0.354 e. The molecule has 1 aromatic carbocycles. The number of hydrogen-bond donors (Lipinski definition) is 2. The lowest BCUT2D eigenvalue weighted by molar-refractivity contribution is -0.138. The summed E-state index contributed by atoms with van der Waals surface area (Å²) in [5, 5.41) is 7.95. The Kier molecular flexibility index (Phi) is 7.28. The van der Waals surface area contributed by atoms with Crippen molar-refractivity contribution in [2.75, 3.05) is 18.4 Å². The van der Waals surface area contributed by atoms with Crippen molar-refractivity contribution in [3.8, 4) is 0 Å². The molecule has 1 aliphatic rings. The first-order chi connectivity index (χ1) is 13.9. The zero-order valence-corrected chi connectivity index (χ0v) is 17.8. The highest BCUT2D eigenvalue weighted by Crippen LogP contribution is 2.23. The highest BCUT2D eigenvalue weighted by Gasteiger charge is 2.33. The van der Waals surface area contributed by atoms with Crippen LogP contribution in [0, 0.1) is 6.92 Å². The summed E-state index contributed by atoms with van der Waals surface area (Å²) in [6.45, 7) is 2.72. The summed E-state index contributed by atoms with van der Waals surface area (Å²) in [6, 6.07) is 8.77. The van der Waals surface area contributed by atoms with Gasteiger partial charge in [0.05, 0.1) is 17.1 Å². The number of halogens is 1. The van der Waals surface area contributed by atoms with Crippen LogP contribution >= 0.6 is 22.9 Å². The first-order valence-electron chi connectivity index (χ1n) is 9.59. The van der Waals surface area contributed by atoms with Gasteiger partial charge < -0.3 is 15.5 Å². The SMILES string of the molecule is Cc1ccc(NC(=O)CCNC(=O)C2CCCN2C(=O)Cc2cccs2)c(Cl)c1. The fourth-order valence-corrected chi connectivity index (χ4v) is 4.33. The summed E-state index contributed by atoms with van der Waals surface area (Å²) in [5.74, 6) is -0.465. The highest BCUT2D eigenvalue weighted by molar-refractivity contribution is 7.10. The Labute approximate surface area is 179 Å². The number of benzene rings is 1. The molecule has 1 aliphatic heterocycles. The number of nitrogens with one attached hydrogen (secondary N) is 2. The second kappa shape index (κ2) is 9.89. The van der Waals surface area contributed by atoms with E-state index in [1.165, 1.54) is 11.3 Å². The smallest absolute Gasteiger partial charge is 0.242 e. The third-order valence-electron chi connectivity index (χ3n) is 4.83. The van der Waals surface area contributed by atoms with Crippen LogP contribution in [0.15, 0.2) is 35.7 Å². The number of aryl methyl sites for hydroxylation is 1. The fraction of sp³-hybridized carbons (Fsp3) is 0.381. The molecular weight excluding hydrogens is 410 g/mol. The molecule has 2 N–H and O–H groups in total. The minimum atomic E-state index is -0.461. The largest absolute Gasteiger partial charge is 0.354 e. The Hall–Kier alpha value is -2.38. The Morgan fingerprint density at radius 3 is 2.83 bits per heavy atom. The third-order valence-corrected chi connectivity index (χ3v) is 6.02. The van der Waals surface area contributed by atoms with Crippen LogP contribution in [0.5, 0.6) is 0 Å². The van der Waals surface area contributed by atoms with Crippen LogP contribution in [0.2, 0.25) is 5.02 Å². The Balaban J connectivity index is 1.45. The van der Waals surface area contributed by atoms with Crippen LogP contribution in [0.1, 0.15) is 29.7 Å². The molecule has 0 aliphatic carbocycles. The minimum absolute atomic E-state index is 0.0307. The number of rotatable bonds is 7. The number of carbonyl (C=O) groups excluding carboxylic acids is 3. The van der Waals surface area contributed by atoms with Crippen LogP contribution in [0.4, 0.5) is 5.69 Å². The molecule has 2 heterocycles. The number of anilines is 1. The monoisotopic (exact) mass is 433 g/mol. The topological polar surface area (TPSA) is 78.5 Å². The first-order valence-corrected chi connectivity index (χ1v) is 10.9. The molecule has 29 heavy (non-hydrogen) atoms. The van der Waals surface area contributed by atoms with Crippen LogP contribution in [-0.2, 0) is 20.8 Å². The van der Waals surface area contributed by atoms with Crippen LogP contribution < -0.4 is 10.6 Å². The molecule has 0 radical (unpaired) electrons. The molecule has 3 amide bonds. The first kappa shape index (κ1) is 21.3. The van der Waals surface area contributed by atoms with E-state index in [2.05, 4.69) is 10.6 Å². The molecule has 1 atom stereocenters. The maximum atomic E-state index is 12.5. The van der Waals surface area contributed by atoms with E-state index < -0.39 is 6.04 Å². The molecule has 3 rings (SSSR count). The van der Waals surface area contributed by atoms with Gasteiger partial charge in [-0.1, -0.05) is 23.7 Å². The average Bonchev–Trinajstić information content (AvgIpc) is 3.35. The van der Waals surface area contributed by atoms with E-state index in [0.29, 0.717) is 30.1 Å². The lowest BCUT2D eigenvalue weighted by Gasteiger charge is -2.23. The van der Waals surface area contributed by atoms with Gasteiger partial charge in [-0.2, -0.15) is 0 Å². The number of hydrogen-bond acceptors (Lipinski definition) is 4. The second-order valence-corrected chi connectivity index (χ2v) is 8.51. The third kappa shape index (κ3) is 5.81. The van der Waals surface area contributed by atoms with Gasteiger partial charge in [0.2, 0.25) is 17.7 Å². The van der Waals surface area contributed by atoms with E-state index in [4.69, 9.17) is 11.6 Å². The molecule has 1 fully saturated rings. The number of likely N-dealkylation sites (tertiary alicyclic amines) is 1. The molecule has 0 saturated carbocycles. The zero-order valence-electron chi connectivity index (χ0n) is 16.2. The summed E-state index contributed by atoms with van der Waals surface area (Å²) >= 11 is 7.66. The summed E-state index contributed by atoms with van der Waals surface area (Å²) in [4.78, 5) is 39.8. The van der Waals surface area contributed by atoms with Crippen molar-refractivity contribution < 1.29 is 14.4 Å². The van der Waals surface area contributed by atoms with E-state index in [0.717, 1.165) is 16.9 Å². The molecule has 1 unspecified atom stereocenters. The van der Waals surface area contributed by atoms with Gasteiger partial charge in [-0.25, -0.2) is 0 Å². The predicted molar refractivity (Wildman–Crippen MR) is 115 cm³/mol. The van der Waals surface area contributed by atoms with Crippen molar-refractivity contribution in [1.29, 1.82) is 0 Å².